The molecule has 0 amide bonds. The van der Waals surface area contributed by atoms with Crippen LogP contribution in [0.3, 0.4) is 0 Å². The van der Waals surface area contributed by atoms with E-state index in [1.54, 1.807) is 0 Å². The minimum absolute atomic E-state index is 0.200. The summed E-state index contributed by atoms with van der Waals surface area (Å²) in [6, 6.07) is 11.9. The molecule has 0 fully saturated rings. The molecule has 0 aliphatic heterocycles. The van der Waals surface area contributed by atoms with Gasteiger partial charge in [0.2, 0.25) is 0 Å². The molecule has 1 aromatic carbocycles. The van der Waals surface area contributed by atoms with Crippen LogP contribution in [0.5, 0.6) is 6.01 Å². The highest BCUT2D eigenvalue weighted by atomic mass is 32.1. The number of unbranched alkanes of at least 4 members (excludes halogenated alkanes) is 3. The number of aryl methyl sites for hydroxylation is 1. The van der Waals surface area contributed by atoms with Gasteiger partial charge in [-0.1, -0.05) is 44.4 Å². The molecule has 0 N–H and O–H groups in total. The molecule has 142 valence electrons. The Labute approximate surface area is 164 Å². The molecule has 0 saturated heterocycles. The van der Waals surface area contributed by atoms with Gasteiger partial charge in [0.15, 0.2) is 5.82 Å². The number of nitrogens with zero attached hydrogens (tertiary/aromatic N) is 3. The number of rotatable bonds is 9. The molecule has 0 radical (unpaired) electrons. The smallest absolute Gasteiger partial charge is 0.336 e. The Morgan fingerprint density at radius 3 is 2.59 bits per heavy atom. The lowest BCUT2D eigenvalue weighted by Gasteiger charge is -2.05. The van der Waals surface area contributed by atoms with Crippen molar-refractivity contribution in [2.24, 2.45) is 0 Å². The van der Waals surface area contributed by atoms with Crippen LogP contribution in [0.2, 0.25) is 0 Å². The molecule has 3 aromatic rings. The summed E-state index contributed by atoms with van der Waals surface area (Å²) in [6.07, 6.45) is 6.00. The van der Waals surface area contributed by atoms with Crippen LogP contribution in [0.4, 0.5) is 0 Å². The van der Waals surface area contributed by atoms with Crippen LogP contribution in [0.15, 0.2) is 41.8 Å². The van der Waals surface area contributed by atoms with Crippen LogP contribution < -0.4 is 4.74 Å². The van der Waals surface area contributed by atoms with Gasteiger partial charge < -0.3 is 4.74 Å². The first kappa shape index (κ1) is 19.3. The highest BCUT2D eigenvalue weighted by molar-refractivity contribution is 7.13. The summed E-state index contributed by atoms with van der Waals surface area (Å²) >= 11 is 1.52. The number of thiophene rings is 1. The molecule has 0 unspecified atom stereocenters. The third-order valence-corrected chi connectivity index (χ3v) is 5.18. The summed E-state index contributed by atoms with van der Waals surface area (Å²) < 4.78 is 6.74. The maximum atomic E-state index is 13.0. The van der Waals surface area contributed by atoms with E-state index < -0.39 is 0 Å². The lowest BCUT2D eigenvalue weighted by molar-refractivity contribution is 0.0945. The van der Waals surface area contributed by atoms with Gasteiger partial charge in [-0.05, 0) is 48.9 Å². The van der Waals surface area contributed by atoms with Gasteiger partial charge in [0, 0.05) is 5.56 Å². The van der Waals surface area contributed by atoms with Crippen molar-refractivity contribution >= 4 is 17.2 Å². The molecule has 2 heterocycles. The molecule has 0 saturated carbocycles. The summed E-state index contributed by atoms with van der Waals surface area (Å²) in [5.41, 5.74) is 1.85. The first-order chi connectivity index (χ1) is 13.2. The zero-order chi connectivity index (χ0) is 19.1. The van der Waals surface area contributed by atoms with Crippen molar-refractivity contribution in [3.05, 3.63) is 52.9 Å². The molecular weight excluding hydrogens is 358 g/mol. The zero-order valence-corrected chi connectivity index (χ0v) is 16.7. The van der Waals surface area contributed by atoms with E-state index >= 15 is 0 Å². The van der Waals surface area contributed by atoms with Crippen LogP contribution in [-0.4, -0.2) is 27.3 Å². The number of carbonyl (C=O) groups is 1. The fourth-order valence-electron chi connectivity index (χ4n) is 2.88. The molecule has 0 atom stereocenters. The van der Waals surface area contributed by atoms with Crippen molar-refractivity contribution in [1.82, 2.24) is 14.8 Å². The maximum Gasteiger partial charge on any atom is 0.336 e. The van der Waals surface area contributed by atoms with Gasteiger partial charge in [0.05, 0.1) is 11.5 Å². The van der Waals surface area contributed by atoms with E-state index in [1.807, 2.05) is 48.7 Å². The standard InChI is InChI=1S/C21H25N3O2S/c1-3-5-6-7-9-16-11-13-17(14-12-16)20(25)24-19(18-10-8-15-27-18)22-21(23-24)26-4-2/h8,10-15H,3-7,9H2,1-2H3. The first-order valence-electron chi connectivity index (χ1n) is 9.50. The van der Waals surface area contributed by atoms with Gasteiger partial charge in [0.1, 0.15) is 0 Å². The van der Waals surface area contributed by atoms with Crippen LogP contribution >= 0.6 is 11.3 Å². The van der Waals surface area contributed by atoms with E-state index in [0.29, 0.717) is 18.0 Å². The van der Waals surface area contributed by atoms with E-state index in [2.05, 4.69) is 17.0 Å². The largest absolute Gasteiger partial charge is 0.463 e. The monoisotopic (exact) mass is 383 g/mol. The molecular formula is C21H25N3O2S. The predicted molar refractivity (Wildman–Crippen MR) is 109 cm³/mol. The Kier molecular flexibility index (Phi) is 6.76. The fourth-order valence-corrected chi connectivity index (χ4v) is 3.58. The van der Waals surface area contributed by atoms with Crippen molar-refractivity contribution in [1.29, 1.82) is 0 Å². The summed E-state index contributed by atoms with van der Waals surface area (Å²) in [6.45, 7) is 4.54. The van der Waals surface area contributed by atoms with Crippen molar-refractivity contribution in [3.8, 4) is 16.7 Å². The maximum absolute atomic E-state index is 13.0. The number of benzene rings is 1. The SMILES string of the molecule is CCCCCCc1ccc(C(=O)n2nc(OCC)nc2-c2cccs2)cc1. The number of ether oxygens (including phenoxy) is 1. The van der Waals surface area contributed by atoms with Gasteiger partial charge in [0.25, 0.3) is 5.91 Å². The van der Waals surface area contributed by atoms with E-state index in [4.69, 9.17) is 4.74 Å². The van der Waals surface area contributed by atoms with E-state index in [9.17, 15) is 4.79 Å². The summed E-state index contributed by atoms with van der Waals surface area (Å²) in [7, 11) is 0. The molecule has 0 spiro atoms. The van der Waals surface area contributed by atoms with Crippen LogP contribution in [-0.2, 0) is 6.42 Å². The van der Waals surface area contributed by atoms with E-state index in [1.165, 1.54) is 47.3 Å². The third kappa shape index (κ3) is 4.83. The van der Waals surface area contributed by atoms with Gasteiger partial charge >= 0.3 is 6.01 Å². The summed E-state index contributed by atoms with van der Waals surface area (Å²) in [4.78, 5) is 18.3. The molecule has 0 aliphatic rings. The Morgan fingerprint density at radius 1 is 1.11 bits per heavy atom. The number of hydrogen-bond donors (Lipinski definition) is 0. The van der Waals surface area contributed by atoms with Crippen molar-refractivity contribution in [2.75, 3.05) is 6.61 Å². The number of aromatic nitrogens is 3. The topological polar surface area (TPSA) is 57.0 Å². The normalized spacial score (nSPS) is 10.9. The van der Waals surface area contributed by atoms with Gasteiger partial charge in [-0.25, -0.2) is 0 Å². The highest BCUT2D eigenvalue weighted by Crippen LogP contribution is 2.25. The molecule has 0 bridgehead atoms. The second kappa shape index (κ2) is 9.46. The Bertz CT molecular complexity index is 854. The molecule has 3 rings (SSSR count). The van der Waals surface area contributed by atoms with E-state index in [0.717, 1.165) is 11.3 Å². The Morgan fingerprint density at radius 2 is 1.93 bits per heavy atom. The van der Waals surface area contributed by atoms with Gasteiger partial charge in [-0.3, -0.25) is 4.79 Å². The fraction of sp³-hybridized carbons (Fsp3) is 0.381. The Hall–Kier alpha value is -2.47. The average molecular weight is 384 g/mol. The number of hydrogen-bond acceptors (Lipinski definition) is 5. The molecule has 27 heavy (non-hydrogen) atoms. The van der Waals surface area contributed by atoms with Crippen molar-refractivity contribution in [3.63, 3.8) is 0 Å². The minimum atomic E-state index is -0.200. The van der Waals surface area contributed by atoms with Gasteiger partial charge in [-0.15, -0.1) is 16.4 Å². The average Bonchev–Trinajstić information content (AvgIpc) is 3.35. The third-order valence-electron chi connectivity index (χ3n) is 4.31. The van der Waals surface area contributed by atoms with Gasteiger partial charge in [-0.2, -0.15) is 9.67 Å². The molecule has 5 nitrogen and oxygen atoms in total. The lowest BCUT2D eigenvalue weighted by atomic mass is 10.0. The second-order valence-corrected chi connectivity index (χ2v) is 7.30. The minimum Gasteiger partial charge on any atom is -0.463 e. The van der Waals surface area contributed by atoms with Crippen molar-refractivity contribution in [2.45, 2.75) is 46.0 Å². The Balaban J connectivity index is 1.79. The number of carbonyl (C=O) groups excluding carboxylic acids is 1. The van der Waals surface area contributed by atoms with Crippen molar-refractivity contribution < 1.29 is 9.53 Å². The first-order valence-corrected chi connectivity index (χ1v) is 10.4. The van der Waals surface area contributed by atoms with Crippen LogP contribution in [0.1, 0.15) is 55.5 Å². The predicted octanol–water partition coefficient (Wildman–Crippen LogP) is 5.22. The summed E-state index contributed by atoms with van der Waals surface area (Å²) in [5.74, 6) is 0.316. The molecule has 6 heteroatoms. The quantitative estimate of drug-likeness (QED) is 0.476. The lowest BCUT2D eigenvalue weighted by Crippen LogP contribution is -2.15. The summed E-state index contributed by atoms with van der Waals surface area (Å²) in [5, 5.41) is 6.22. The second-order valence-electron chi connectivity index (χ2n) is 6.35. The van der Waals surface area contributed by atoms with Crippen LogP contribution in [0, 0.1) is 0 Å². The highest BCUT2D eigenvalue weighted by Gasteiger charge is 2.20. The van der Waals surface area contributed by atoms with Crippen LogP contribution in [0.25, 0.3) is 10.7 Å². The zero-order valence-electron chi connectivity index (χ0n) is 15.9. The molecule has 0 aliphatic carbocycles. The molecule has 2 aromatic heterocycles. The van der Waals surface area contributed by atoms with E-state index in [-0.39, 0.29) is 11.9 Å².